The molecule has 1 aromatic carbocycles. The number of rotatable bonds is 4. The molecule has 1 atom stereocenters. The lowest BCUT2D eigenvalue weighted by molar-refractivity contribution is 0.100. The third-order valence-corrected chi connectivity index (χ3v) is 4.83. The zero-order valence-electron chi connectivity index (χ0n) is 11.5. The monoisotopic (exact) mass is 305 g/mol. The fourth-order valence-corrected chi connectivity index (χ4v) is 3.61. The van der Waals surface area contributed by atoms with E-state index in [1.165, 1.54) is 23.5 Å². The first-order valence-corrected chi connectivity index (χ1v) is 7.69. The zero-order valence-corrected chi connectivity index (χ0v) is 12.3. The van der Waals surface area contributed by atoms with E-state index in [4.69, 9.17) is 5.73 Å². The van der Waals surface area contributed by atoms with Crippen molar-refractivity contribution >= 4 is 17.2 Å². The van der Waals surface area contributed by atoms with E-state index in [2.05, 4.69) is 9.88 Å². The van der Waals surface area contributed by atoms with Gasteiger partial charge in [0.15, 0.2) is 0 Å². The molecule has 0 bridgehead atoms. The summed E-state index contributed by atoms with van der Waals surface area (Å²) >= 11 is 1.37. The number of benzene rings is 1. The molecule has 1 aromatic heterocycles. The van der Waals surface area contributed by atoms with Crippen LogP contribution in [0.1, 0.15) is 39.1 Å². The number of aromatic nitrogens is 1. The van der Waals surface area contributed by atoms with Gasteiger partial charge in [0.05, 0.1) is 12.2 Å². The first-order chi connectivity index (χ1) is 10.1. The molecule has 1 unspecified atom stereocenters. The number of hydrogen-bond acceptors (Lipinski definition) is 4. The van der Waals surface area contributed by atoms with Gasteiger partial charge in [0.2, 0.25) is 0 Å². The molecule has 0 radical (unpaired) electrons. The van der Waals surface area contributed by atoms with Crippen molar-refractivity contribution in [2.75, 3.05) is 6.54 Å². The van der Waals surface area contributed by atoms with E-state index in [1.54, 1.807) is 18.3 Å². The number of carbonyl (C=O) groups is 1. The van der Waals surface area contributed by atoms with Gasteiger partial charge in [-0.2, -0.15) is 0 Å². The molecule has 3 rings (SSSR count). The second kappa shape index (κ2) is 5.91. The van der Waals surface area contributed by atoms with E-state index in [1.807, 2.05) is 0 Å². The van der Waals surface area contributed by atoms with Gasteiger partial charge in [-0.25, -0.2) is 9.37 Å². The summed E-state index contributed by atoms with van der Waals surface area (Å²) in [6.07, 6.45) is 3.67. The molecule has 0 aliphatic carbocycles. The highest BCUT2D eigenvalue weighted by molar-refractivity contribution is 7.13. The van der Waals surface area contributed by atoms with Gasteiger partial charge >= 0.3 is 0 Å². The Labute approximate surface area is 126 Å². The molecule has 21 heavy (non-hydrogen) atoms. The van der Waals surface area contributed by atoms with Gasteiger partial charge in [0.1, 0.15) is 15.7 Å². The predicted octanol–water partition coefficient (Wildman–Crippen LogP) is 2.72. The summed E-state index contributed by atoms with van der Waals surface area (Å²) in [7, 11) is 0. The molecule has 1 saturated heterocycles. The topological polar surface area (TPSA) is 59.2 Å². The van der Waals surface area contributed by atoms with Gasteiger partial charge in [-0.05, 0) is 37.1 Å². The molecule has 2 heterocycles. The molecule has 0 saturated carbocycles. The Morgan fingerprint density at radius 3 is 2.86 bits per heavy atom. The van der Waals surface area contributed by atoms with Crippen LogP contribution in [-0.4, -0.2) is 22.3 Å². The van der Waals surface area contributed by atoms with Crippen LogP contribution >= 0.6 is 11.3 Å². The van der Waals surface area contributed by atoms with Crippen molar-refractivity contribution in [3.63, 3.8) is 0 Å². The fraction of sp³-hybridized carbons (Fsp3) is 0.333. The van der Waals surface area contributed by atoms with E-state index in [-0.39, 0.29) is 11.9 Å². The Bertz CT molecular complexity index is 641. The second-order valence-corrected chi connectivity index (χ2v) is 6.24. The van der Waals surface area contributed by atoms with E-state index in [9.17, 15) is 9.18 Å². The van der Waals surface area contributed by atoms with Crippen LogP contribution in [0.5, 0.6) is 0 Å². The first kappa shape index (κ1) is 14.2. The van der Waals surface area contributed by atoms with Crippen LogP contribution in [0.3, 0.4) is 0 Å². The number of amides is 1. The number of primary amides is 1. The lowest BCUT2D eigenvalue weighted by Crippen LogP contribution is -2.22. The predicted molar refractivity (Wildman–Crippen MR) is 79.4 cm³/mol. The number of nitrogens with two attached hydrogens (primary N) is 1. The van der Waals surface area contributed by atoms with Crippen molar-refractivity contribution in [1.29, 1.82) is 0 Å². The number of hydrogen-bond donors (Lipinski definition) is 1. The summed E-state index contributed by atoms with van der Waals surface area (Å²) in [6.45, 7) is 1.74. The number of nitrogens with zero attached hydrogens (tertiary/aromatic N) is 2. The Hall–Kier alpha value is -1.79. The lowest BCUT2D eigenvalue weighted by Gasteiger charge is -2.22. The van der Waals surface area contributed by atoms with Gasteiger partial charge in [0.25, 0.3) is 5.91 Å². The van der Waals surface area contributed by atoms with E-state index < -0.39 is 5.91 Å². The maximum Gasteiger partial charge on any atom is 0.260 e. The van der Waals surface area contributed by atoms with Gasteiger partial charge in [-0.15, -0.1) is 11.3 Å². The van der Waals surface area contributed by atoms with E-state index in [0.717, 1.165) is 36.5 Å². The smallest absolute Gasteiger partial charge is 0.260 e. The summed E-state index contributed by atoms with van der Waals surface area (Å²) < 4.78 is 13.0. The molecule has 1 fully saturated rings. The summed E-state index contributed by atoms with van der Waals surface area (Å²) in [5.74, 6) is -0.649. The minimum Gasteiger partial charge on any atom is -0.365 e. The molecule has 1 amide bonds. The minimum atomic E-state index is -0.429. The standard InChI is InChI=1S/C15H16FN3OS/c16-11-5-3-10(4-6-11)9-19-7-1-2-12(19)15-18-8-13(21-15)14(17)20/h3-6,8,12H,1-2,7,9H2,(H2,17,20). The van der Waals surface area contributed by atoms with Crippen molar-refractivity contribution in [1.82, 2.24) is 9.88 Å². The zero-order chi connectivity index (χ0) is 14.8. The molecule has 0 spiro atoms. The van der Waals surface area contributed by atoms with Crippen LogP contribution < -0.4 is 5.73 Å². The summed E-state index contributed by atoms with van der Waals surface area (Å²) in [6, 6.07) is 6.79. The molecular formula is C15H16FN3OS. The molecule has 6 heteroatoms. The number of thiazole rings is 1. The fourth-order valence-electron chi connectivity index (χ4n) is 2.67. The van der Waals surface area contributed by atoms with Gasteiger partial charge < -0.3 is 5.73 Å². The number of carbonyl (C=O) groups excluding carboxylic acids is 1. The van der Waals surface area contributed by atoms with Crippen LogP contribution in [0.25, 0.3) is 0 Å². The van der Waals surface area contributed by atoms with Gasteiger partial charge in [0, 0.05) is 6.54 Å². The number of likely N-dealkylation sites (tertiary alicyclic amines) is 1. The maximum atomic E-state index is 13.0. The van der Waals surface area contributed by atoms with Crippen molar-refractivity contribution in [2.45, 2.75) is 25.4 Å². The van der Waals surface area contributed by atoms with Crippen LogP contribution in [0.2, 0.25) is 0 Å². The highest BCUT2D eigenvalue weighted by Crippen LogP contribution is 2.35. The molecule has 110 valence electrons. The van der Waals surface area contributed by atoms with Crippen LogP contribution in [0, 0.1) is 5.82 Å². The third kappa shape index (κ3) is 3.11. The Balaban J connectivity index is 1.75. The summed E-state index contributed by atoms with van der Waals surface area (Å²) in [4.78, 5) is 18.3. The average molecular weight is 305 g/mol. The highest BCUT2D eigenvalue weighted by Gasteiger charge is 2.28. The molecular weight excluding hydrogens is 289 g/mol. The summed E-state index contributed by atoms with van der Waals surface area (Å²) in [5, 5.41) is 0.934. The number of halogens is 1. The van der Waals surface area contributed by atoms with Gasteiger partial charge in [-0.1, -0.05) is 12.1 Å². The summed E-state index contributed by atoms with van der Waals surface area (Å²) in [5.41, 5.74) is 6.36. The second-order valence-electron chi connectivity index (χ2n) is 5.18. The quantitative estimate of drug-likeness (QED) is 0.945. The minimum absolute atomic E-state index is 0.216. The van der Waals surface area contributed by atoms with Crippen LogP contribution in [-0.2, 0) is 6.54 Å². The van der Waals surface area contributed by atoms with E-state index in [0.29, 0.717) is 4.88 Å². The molecule has 2 aromatic rings. The Kier molecular flexibility index (Phi) is 3.98. The maximum absolute atomic E-state index is 13.0. The van der Waals surface area contributed by atoms with Gasteiger partial charge in [-0.3, -0.25) is 9.69 Å². The normalized spacial score (nSPS) is 19.0. The van der Waals surface area contributed by atoms with E-state index >= 15 is 0 Å². The lowest BCUT2D eigenvalue weighted by atomic mass is 10.2. The largest absolute Gasteiger partial charge is 0.365 e. The molecule has 4 nitrogen and oxygen atoms in total. The van der Waals surface area contributed by atoms with Crippen molar-refractivity contribution in [3.05, 3.63) is 51.7 Å². The highest BCUT2D eigenvalue weighted by atomic mass is 32.1. The SMILES string of the molecule is NC(=O)c1cnc(C2CCCN2Cc2ccc(F)cc2)s1. The first-order valence-electron chi connectivity index (χ1n) is 6.87. The van der Waals surface area contributed by atoms with Crippen LogP contribution in [0.4, 0.5) is 4.39 Å². The third-order valence-electron chi connectivity index (χ3n) is 3.71. The van der Waals surface area contributed by atoms with Crippen molar-refractivity contribution in [2.24, 2.45) is 5.73 Å². The Morgan fingerprint density at radius 1 is 1.43 bits per heavy atom. The average Bonchev–Trinajstić information content (AvgIpc) is 3.09. The molecule has 1 aliphatic heterocycles. The Morgan fingerprint density at radius 2 is 2.19 bits per heavy atom. The molecule has 1 aliphatic rings. The van der Waals surface area contributed by atoms with Crippen molar-refractivity contribution in [3.8, 4) is 0 Å². The van der Waals surface area contributed by atoms with Crippen molar-refractivity contribution < 1.29 is 9.18 Å². The molecule has 2 N–H and O–H groups in total. The van der Waals surface area contributed by atoms with Crippen LogP contribution in [0.15, 0.2) is 30.5 Å².